The van der Waals surface area contributed by atoms with E-state index in [0.29, 0.717) is 6.04 Å². The van der Waals surface area contributed by atoms with Crippen molar-refractivity contribution in [1.82, 2.24) is 5.32 Å². The Morgan fingerprint density at radius 2 is 1.86 bits per heavy atom. The molecule has 1 aromatic carbocycles. The molecular formula is C17H24N2O2S. The maximum atomic E-state index is 12.3. The Hall–Kier alpha value is -1.62. The fourth-order valence-corrected chi connectivity index (χ4v) is 3.04. The summed E-state index contributed by atoms with van der Waals surface area (Å²) in [4.78, 5) is 12.5. The Labute approximate surface area is 137 Å². The van der Waals surface area contributed by atoms with Crippen LogP contribution in [0.15, 0.2) is 12.1 Å². The third-order valence-electron chi connectivity index (χ3n) is 4.14. The molecule has 120 valence electrons. The molecule has 2 rings (SSSR count). The summed E-state index contributed by atoms with van der Waals surface area (Å²) in [6, 6.07) is 4.17. The van der Waals surface area contributed by atoms with Gasteiger partial charge in [-0.05, 0) is 49.9 Å². The number of ether oxygens (including phenoxy) is 1. The number of nitrogens with one attached hydrogen (secondary N) is 2. The van der Waals surface area contributed by atoms with Gasteiger partial charge >= 0.3 is 0 Å². The number of carbonyl (C=O) groups excluding carboxylic acids is 1. The lowest BCUT2D eigenvalue weighted by Crippen LogP contribution is -2.41. The normalized spacial score (nSPS) is 15.2. The summed E-state index contributed by atoms with van der Waals surface area (Å²) in [5, 5.41) is 6.08. The lowest BCUT2D eigenvalue weighted by molar-refractivity contribution is -0.110. The first-order valence-corrected chi connectivity index (χ1v) is 8.19. The van der Waals surface area contributed by atoms with E-state index in [9.17, 15) is 4.79 Å². The topological polar surface area (TPSA) is 50.4 Å². The maximum absolute atomic E-state index is 12.3. The summed E-state index contributed by atoms with van der Waals surface area (Å²) >= 11 is 5.23. The molecule has 22 heavy (non-hydrogen) atoms. The molecular weight excluding hydrogens is 296 g/mol. The zero-order valence-electron chi connectivity index (χ0n) is 13.5. The molecule has 0 aromatic heterocycles. The fraction of sp³-hybridized carbons (Fsp3) is 0.529. The van der Waals surface area contributed by atoms with Crippen LogP contribution >= 0.6 is 12.2 Å². The molecule has 1 aliphatic rings. The maximum Gasteiger partial charge on any atom is 0.283 e. The highest BCUT2D eigenvalue weighted by molar-refractivity contribution is 7.82. The summed E-state index contributed by atoms with van der Waals surface area (Å²) < 4.78 is 5.28. The molecule has 1 saturated carbocycles. The number of rotatable bonds is 3. The number of aryl methyl sites for hydroxylation is 2. The minimum absolute atomic E-state index is 0.242. The summed E-state index contributed by atoms with van der Waals surface area (Å²) in [6.07, 6.45) is 5.88. The second-order valence-electron chi connectivity index (χ2n) is 5.90. The van der Waals surface area contributed by atoms with Crippen molar-refractivity contribution in [2.45, 2.75) is 52.0 Å². The number of anilines is 1. The average Bonchev–Trinajstić information content (AvgIpc) is 2.51. The molecule has 0 heterocycles. The lowest BCUT2D eigenvalue weighted by Gasteiger charge is -2.23. The number of thiocarbonyl (C=S) groups is 1. The molecule has 5 heteroatoms. The van der Waals surface area contributed by atoms with Gasteiger partial charge in [0.25, 0.3) is 5.91 Å². The summed E-state index contributed by atoms with van der Waals surface area (Å²) in [7, 11) is 1.64. The molecule has 1 aliphatic carbocycles. The Bertz CT molecular complexity index is 566. The summed E-state index contributed by atoms with van der Waals surface area (Å²) in [6.45, 7) is 3.89. The van der Waals surface area contributed by atoms with Crippen LogP contribution in [-0.4, -0.2) is 24.0 Å². The van der Waals surface area contributed by atoms with Crippen LogP contribution in [0.4, 0.5) is 5.69 Å². The first kappa shape index (κ1) is 16.7. The van der Waals surface area contributed by atoms with Crippen molar-refractivity contribution in [2.75, 3.05) is 12.4 Å². The van der Waals surface area contributed by atoms with Crippen LogP contribution in [0.2, 0.25) is 0 Å². The number of hydrogen-bond acceptors (Lipinski definition) is 3. The number of carbonyl (C=O) groups is 1. The first-order valence-electron chi connectivity index (χ1n) is 7.78. The summed E-state index contributed by atoms with van der Waals surface area (Å²) in [5.74, 6) is 0.576. The number of amides is 1. The fourth-order valence-electron chi connectivity index (χ4n) is 2.82. The lowest BCUT2D eigenvalue weighted by atomic mass is 9.95. The number of benzene rings is 1. The van der Waals surface area contributed by atoms with E-state index >= 15 is 0 Å². The van der Waals surface area contributed by atoms with Crippen LogP contribution in [-0.2, 0) is 4.79 Å². The Balaban J connectivity index is 1.99. The molecule has 1 aromatic rings. The van der Waals surface area contributed by atoms with E-state index in [4.69, 9.17) is 17.0 Å². The van der Waals surface area contributed by atoms with Gasteiger partial charge in [0, 0.05) is 11.7 Å². The van der Waals surface area contributed by atoms with Gasteiger partial charge in [0.15, 0.2) is 4.99 Å². The molecule has 1 amide bonds. The second-order valence-corrected chi connectivity index (χ2v) is 6.31. The van der Waals surface area contributed by atoms with Gasteiger partial charge in [-0.3, -0.25) is 4.79 Å². The zero-order chi connectivity index (χ0) is 16.1. The van der Waals surface area contributed by atoms with Crippen LogP contribution in [0.3, 0.4) is 0 Å². The predicted octanol–water partition coefficient (Wildman–Crippen LogP) is 3.50. The van der Waals surface area contributed by atoms with Gasteiger partial charge in [-0.25, -0.2) is 0 Å². The molecule has 0 spiro atoms. The van der Waals surface area contributed by atoms with E-state index < -0.39 is 0 Å². The third kappa shape index (κ3) is 4.19. The second kappa shape index (κ2) is 7.58. The van der Waals surface area contributed by atoms with Crippen LogP contribution in [0.25, 0.3) is 0 Å². The quantitative estimate of drug-likeness (QED) is 0.837. The van der Waals surface area contributed by atoms with E-state index in [-0.39, 0.29) is 10.9 Å². The zero-order valence-corrected chi connectivity index (χ0v) is 14.3. The van der Waals surface area contributed by atoms with Gasteiger partial charge in [-0.1, -0.05) is 31.5 Å². The largest absolute Gasteiger partial charge is 0.496 e. The van der Waals surface area contributed by atoms with Gasteiger partial charge in [-0.15, -0.1) is 0 Å². The number of hydrogen-bond donors (Lipinski definition) is 2. The molecule has 0 aliphatic heterocycles. The highest BCUT2D eigenvalue weighted by atomic mass is 32.1. The molecule has 1 fully saturated rings. The standard InChI is InChI=1S/C17H24N2O2S/c1-11-10-15(21-3)12(2)9-14(11)19-16(20)17(22)18-13-7-5-4-6-8-13/h9-10,13H,4-8H2,1-3H3,(H,18,22)(H,19,20). The smallest absolute Gasteiger partial charge is 0.283 e. The van der Waals surface area contributed by atoms with Crippen LogP contribution < -0.4 is 15.4 Å². The molecule has 0 atom stereocenters. The molecule has 2 N–H and O–H groups in total. The Kier molecular flexibility index (Phi) is 5.77. The van der Waals surface area contributed by atoms with Crippen molar-refractivity contribution in [3.05, 3.63) is 23.3 Å². The minimum atomic E-state index is -0.242. The van der Waals surface area contributed by atoms with Crippen molar-refractivity contribution in [1.29, 1.82) is 0 Å². The molecule has 4 nitrogen and oxygen atoms in total. The monoisotopic (exact) mass is 320 g/mol. The van der Waals surface area contributed by atoms with Crippen molar-refractivity contribution in [3.8, 4) is 5.75 Å². The van der Waals surface area contributed by atoms with Gasteiger partial charge in [0.2, 0.25) is 0 Å². The van der Waals surface area contributed by atoms with E-state index in [1.165, 1.54) is 19.3 Å². The average molecular weight is 320 g/mol. The van der Waals surface area contributed by atoms with Gasteiger partial charge in [0.1, 0.15) is 5.75 Å². The van der Waals surface area contributed by atoms with Crippen molar-refractivity contribution >= 4 is 28.8 Å². The molecule has 0 bridgehead atoms. The van der Waals surface area contributed by atoms with Crippen molar-refractivity contribution < 1.29 is 9.53 Å². The third-order valence-corrected chi connectivity index (χ3v) is 4.44. The van der Waals surface area contributed by atoms with Crippen LogP contribution in [0.5, 0.6) is 5.75 Å². The minimum Gasteiger partial charge on any atom is -0.496 e. The van der Waals surface area contributed by atoms with E-state index in [2.05, 4.69) is 10.6 Å². The van der Waals surface area contributed by atoms with E-state index in [0.717, 1.165) is 35.4 Å². The Morgan fingerprint density at radius 3 is 2.50 bits per heavy atom. The van der Waals surface area contributed by atoms with Crippen molar-refractivity contribution in [3.63, 3.8) is 0 Å². The van der Waals surface area contributed by atoms with Crippen LogP contribution in [0, 0.1) is 13.8 Å². The highest BCUT2D eigenvalue weighted by Crippen LogP contribution is 2.26. The van der Waals surface area contributed by atoms with E-state index in [1.807, 2.05) is 26.0 Å². The van der Waals surface area contributed by atoms with E-state index in [1.54, 1.807) is 7.11 Å². The molecule has 0 saturated heterocycles. The molecule has 0 radical (unpaired) electrons. The molecule has 0 unspecified atom stereocenters. The van der Waals surface area contributed by atoms with Gasteiger partial charge in [-0.2, -0.15) is 0 Å². The summed E-state index contributed by atoms with van der Waals surface area (Å²) in [5.41, 5.74) is 2.71. The van der Waals surface area contributed by atoms with Gasteiger partial charge in [0.05, 0.1) is 7.11 Å². The number of methoxy groups -OCH3 is 1. The SMILES string of the molecule is COc1cc(C)c(NC(=O)C(=S)NC2CCCCC2)cc1C. The van der Waals surface area contributed by atoms with Crippen LogP contribution in [0.1, 0.15) is 43.2 Å². The predicted molar refractivity (Wildman–Crippen MR) is 93.7 cm³/mol. The van der Waals surface area contributed by atoms with Gasteiger partial charge < -0.3 is 15.4 Å². The first-order chi connectivity index (χ1) is 10.5. The van der Waals surface area contributed by atoms with Crippen molar-refractivity contribution in [2.24, 2.45) is 0 Å². The Morgan fingerprint density at radius 1 is 1.18 bits per heavy atom. The highest BCUT2D eigenvalue weighted by Gasteiger charge is 2.18.